The number of ether oxygens (including phenoxy) is 2. The van der Waals surface area contributed by atoms with Crippen molar-refractivity contribution in [1.29, 1.82) is 0 Å². The molecule has 0 fully saturated rings. The SMILES string of the molecule is Cn1ccc(CNCc2cc3c(cc2Br)OCO3)n1. The lowest BCUT2D eigenvalue weighted by Gasteiger charge is -2.07. The molecule has 0 aliphatic carbocycles. The van der Waals surface area contributed by atoms with Crippen molar-refractivity contribution in [1.82, 2.24) is 15.1 Å². The van der Waals surface area contributed by atoms with Crippen LogP contribution in [0.2, 0.25) is 0 Å². The number of fused-ring (bicyclic) bond motifs is 1. The van der Waals surface area contributed by atoms with Gasteiger partial charge in [-0.1, -0.05) is 15.9 Å². The van der Waals surface area contributed by atoms with Gasteiger partial charge in [0.2, 0.25) is 6.79 Å². The largest absolute Gasteiger partial charge is 0.454 e. The van der Waals surface area contributed by atoms with Crippen LogP contribution in [0.15, 0.2) is 28.9 Å². The number of nitrogens with zero attached hydrogens (tertiary/aromatic N) is 2. The molecular weight excluding hydrogens is 310 g/mol. The van der Waals surface area contributed by atoms with Crippen molar-refractivity contribution in [2.45, 2.75) is 13.1 Å². The molecule has 0 spiro atoms. The van der Waals surface area contributed by atoms with E-state index in [-0.39, 0.29) is 0 Å². The molecule has 6 heteroatoms. The zero-order chi connectivity index (χ0) is 13.2. The van der Waals surface area contributed by atoms with Crippen LogP contribution in [0.25, 0.3) is 0 Å². The first kappa shape index (κ1) is 12.5. The Morgan fingerprint density at radius 2 is 2.11 bits per heavy atom. The van der Waals surface area contributed by atoms with Crippen LogP contribution in [0.3, 0.4) is 0 Å². The molecule has 1 aliphatic heterocycles. The fraction of sp³-hybridized carbons (Fsp3) is 0.308. The minimum atomic E-state index is 0.298. The van der Waals surface area contributed by atoms with Crippen LogP contribution in [0.1, 0.15) is 11.3 Å². The number of aromatic nitrogens is 2. The quantitative estimate of drug-likeness (QED) is 0.937. The number of hydrogen-bond acceptors (Lipinski definition) is 4. The molecule has 2 aromatic rings. The van der Waals surface area contributed by atoms with E-state index >= 15 is 0 Å². The summed E-state index contributed by atoms with van der Waals surface area (Å²) in [5.41, 5.74) is 2.17. The molecule has 1 aromatic heterocycles. The Kier molecular flexibility index (Phi) is 3.44. The van der Waals surface area contributed by atoms with Crippen LogP contribution >= 0.6 is 15.9 Å². The molecular formula is C13H14BrN3O2. The highest BCUT2D eigenvalue weighted by molar-refractivity contribution is 9.10. The first-order valence-corrected chi connectivity index (χ1v) is 6.79. The highest BCUT2D eigenvalue weighted by Gasteiger charge is 2.15. The lowest BCUT2D eigenvalue weighted by molar-refractivity contribution is 0.174. The lowest BCUT2D eigenvalue weighted by atomic mass is 10.2. The zero-order valence-corrected chi connectivity index (χ0v) is 12.1. The third-order valence-corrected chi connectivity index (χ3v) is 3.67. The van der Waals surface area contributed by atoms with Crippen LogP contribution in [-0.4, -0.2) is 16.6 Å². The summed E-state index contributed by atoms with van der Waals surface area (Å²) in [5.74, 6) is 1.60. The molecule has 0 amide bonds. The molecule has 1 aromatic carbocycles. The average molecular weight is 324 g/mol. The summed E-state index contributed by atoms with van der Waals surface area (Å²) in [7, 11) is 1.91. The molecule has 0 radical (unpaired) electrons. The Balaban J connectivity index is 1.64. The standard InChI is InChI=1S/C13H14BrN3O2/c1-17-3-2-10(16-17)7-15-6-9-4-12-13(5-11(9)14)19-8-18-12/h2-5,15H,6-8H2,1H3. The van der Waals surface area contributed by atoms with Crippen molar-refractivity contribution >= 4 is 15.9 Å². The highest BCUT2D eigenvalue weighted by Crippen LogP contribution is 2.36. The topological polar surface area (TPSA) is 48.3 Å². The van der Waals surface area contributed by atoms with Crippen molar-refractivity contribution in [3.63, 3.8) is 0 Å². The van der Waals surface area contributed by atoms with Gasteiger partial charge in [0.05, 0.1) is 5.69 Å². The Morgan fingerprint density at radius 3 is 2.84 bits per heavy atom. The molecule has 0 bridgehead atoms. The monoisotopic (exact) mass is 323 g/mol. The number of aryl methyl sites for hydroxylation is 1. The van der Waals surface area contributed by atoms with E-state index in [1.54, 1.807) is 4.68 Å². The van der Waals surface area contributed by atoms with Gasteiger partial charge in [-0.25, -0.2) is 0 Å². The third-order valence-electron chi connectivity index (χ3n) is 2.93. The van der Waals surface area contributed by atoms with Gasteiger partial charge in [-0.05, 0) is 23.8 Å². The van der Waals surface area contributed by atoms with Crippen LogP contribution in [0.4, 0.5) is 0 Å². The van der Waals surface area contributed by atoms with E-state index < -0.39 is 0 Å². The molecule has 0 saturated heterocycles. The van der Waals surface area contributed by atoms with Gasteiger partial charge in [-0.3, -0.25) is 4.68 Å². The van der Waals surface area contributed by atoms with Gasteiger partial charge in [0.25, 0.3) is 0 Å². The van der Waals surface area contributed by atoms with Crippen molar-refractivity contribution in [2.24, 2.45) is 7.05 Å². The van der Waals surface area contributed by atoms with E-state index in [0.29, 0.717) is 6.79 Å². The molecule has 2 heterocycles. The van der Waals surface area contributed by atoms with Gasteiger partial charge in [0, 0.05) is 30.8 Å². The van der Waals surface area contributed by atoms with E-state index in [2.05, 4.69) is 26.3 Å². The highest BCUT2D eigenvalue weighted by atomic mass is 79.9. The van der Waals surface area contributed by atoms with Crippen LogP contribution < -0.4 is 14.8 Å². The fourth-order valence-corrected chi connectivity index (χ4v) is 2.44. The number of nitrogens with one attached hydrogen (secondary N) is 1. The molecule has 19 heavy (non-hydrogen) atoms. The van der Waals surface area contributed by atoms with E-state index in [4.69, 9.17) is 9.47 Å². The lowest BCUT2D eigenvalue weighted by Crippen LogP contribution is -2.13. The maximum absolute atomic E-state index is 5.38. The summed E-state index contributed by atoms with van der Waals surface area (Å²) in [5, 5.41) is 7.68. The van der Waals surface area contributed by atoms with Crippen molar-refractivity contribution in [3.8, 4) is 11.5 Å². The Morgan fingerprint density at radius 1 is 1.32 bits per heavy atom. The first-order chi connectivity index (χ1) is 9.22. The number of benzene rings is 1. The van der Waals surface area contributed by atoms with Gasteiger partial charge in [0.15, 0.2) is 11.5 Å². The molecule has 1 aliphatic rings. The summed E-state index contributed by atoms with van der Waals surface area (Å²) in [6.45, 7) is 1.78. The van der Waals surface area contributed by atoms with Crippen LogP contribution in [0.5, 0.6) is 11.5 Å². The number of halogens is 1. The molecule has 3 rings (SSSR count). The second-order valence-electron chi connectivity index (χ2n) is 4.38. The van der Waals surface area contributed by atoms with Gasteiger partial charge in [0.1, 0.15) is 0 Å². The molecule has 100 valence electrons. The summed E-state index contributed by atoms with van der Waals surface area (Å²) in [6, 6.07) is 5.94. The normalized spacial score (nSPS) is 12.9. The number of rotatable bonds is 4. The predicted molar refractivity (Wildman–Crippen MR) is 74.0 cm³/mol. The van der Waals surface area contributed by atoms with E-state index in [1.165, 1.54) is 0 Å². The molecule has 5 nitrogen and oxygen atoms in total. The van der Waals surface area contributed by atoms with E-state index in [1.807, 2.05) is 31.4 Å². The third kappa shape index (κ3) is 2.74. The minimum absolute atomic E-state index is 0.298. The predicted octanol–water partition coefficient (Wildman–Crippen LogP) is 2.20. The Labute approximate surface area is 119 Å². The van der Waals surface area contributed by atoms with Crippen molar-refractivity contribution in [3.05, 3.63) is 40.1 Å². The smallest absolute Gasteiger partial charge is 0.231 e. The van der Waals surface area contributed by atoms with Crippen molar-refractivity contribution < 1.29 is 9.47 Å². The molecule has 1 N–H and O–H groups in total. The van der Waals surface area contributed by atoms with E-state index in [0.717, 1.165) is 40.3 Å². The Hall–Kier alpha value is -1.53. The van der Waals surface area contributed by atoms with Gasteiger partial charge >= 0.3 is 0 Å². The average Bonchev–Trinajstić information content (AvgIpc) is 2.98. The van der Waals surface area contributed by atoms with Gasteiger partial charge in [-0.2, -0.15) is 5.10 Å². The van der Waals surface area contributed by atoms with Crippen LogP contribution in [0, 0.1) is 0 Å². The van der Waals surface area contributed by atoms with E-state index in [9.17, 15) is 0 Å². The summed E-state index contributed by atoms with van der Waals surface area (Å²) in [4.78, 5) is 0. The van der Waals surface area contributed by atoms with Crippen LogP contribution in [-0.2, 0) is 20.1 Å². The fourth-order valence-electron chi connectivity index (χ4n) is 1.98. The maximum atomic E-state index is 5.38. The molecule has 0 atom stereocenters. The minimum Gasteiger partial charge on any atom is -0.454 e. The second kappa shape index (κ2) is 5.22. The molecule has 0 unspecified atom stereocenters. The van der Waals surface area contributed by atoms with Crippen molar-refractivity contribution in [2.75, 3.05) is 6.79 Å². The Bertz CT molecular complexity index is 598. The molecule has 0 saturated carbocycles. The maximum Gasteiger partial charge on any atom is 0.231 e. The first-order valence-electron chi connectivity index (χ1n) is 5.99. The second-order valence-corrected chi connectivity index (χ2v) is 5.24. The van der Waals surface area contributed by atoms with Gasteiger partial charge < -0.3 is 14.8 Å². The summed E-state index contributed by atoms with van der Waals surface area (Å²) < 4.78 is 13.5. The van der Waals surface area contributed by atoms with Gasteiger partial charge in [-0.15, -0.1) is 0 Å². The number of hydrogen-bond donors (Lipinski definition) is 1. The summed E-state index contributed by atoms with van der Waals surface area (Å²) in [6.07, 6.45) is 1.94. The zero-order valence-electron chi connectivity index (χ0n) is 10.5. The summed E-state index contributed by atoms with van der Waals surface area (Å²) >= 11 is 3.55.